The van der Waals surface area contributed by atoms with Crippen molar-refractivity contribution in [2.75, 3.05) is 7.11 Å². The number of esters is 1. The first-order valence-electron chi connectivity index (χ1n) is 5.86. The summed E-state index contributed by atoms with van der Waals surface area (Å²) in [5, 5.41) is 0. The Kier molecular flexibility index (Phi) is 5.35. The van der Waals surface area contributed by atoms with Crippen LogP contribution in [0, 0.1) is 3.57 Å². The summed E-state index contributed by atoms with van der Waals surface area (Å²) in [6.07, 6.45) is 0.712. The molecule has 0 unspecified atom stereocenters. The van der Waals surface area contributed by atoms with Crippen LogP contribution >= 0.6 is 38.5 Å². The summed E-state index contributed by atoms with van der Waals surface area (Å²) in [7, 11) is 1.45. The topological polar surface area (TPSA) is 52.6 Å². The zero-order valence-corrected chi connectivity index (χ0v) is 14.7. The van der Waals surface area contributed by atoms with Gasteiger partial charge in [0.25, 0.3) is 0 Å². The smallest absolute Gasteiger partial charge is 0.344 e. The number of ether oxygens (including phenoxy) is 2. The summed E-state index contributed by atoms with van der Waals surface area (Å²) in [5.74, 6) is 0.131. The molecule has 6 heteroatoms. The van der Waals surface area contributed by atoms with E-state index in [4.69, 9.17) is 9.47 Å². The number of carbonyl (C=O) groups is 2. The summed E-state index contributed by atoms with van der Waals surface area (Å²) in [5.41, 5.74) is 0.867. The average Bonchev–Trinajstić information content (AvgIpc) is 2.49. The molecular weight excluding hydrogens is 451 g/mol. The van der Waals surface area contributed by atoms with Gasteiger partial charge in [0.05, 0.1) is 16.2 Å². The highest BCUT2D eigenvalue weighted by Gasteiger charge is 2.18. The first-order chi connectivity index (χ1) is 10.1. The van der Waals surface area contributed by atoms with Gasteiger partial charge >= 0.3 is 5.97 Å². The molecule has 0 saturated heterocycles. The standard InChI is InChI=1S/C15H10BrIO4/c1-20-13-7-9(8-18)6-12(17)14(13)21-15(19)10-4-2-3-5-11(10)16/h2-8H,1H3. The van der Waals surface area contributed by atoms with Crippen LogP contribution in [0.1, 0.15) is 20.7 Å². The number of benzene rings is 2. The Morgan fingerprint density at radius 2 is 2.00 bits per heavy atom. The first-order valence-corrected chi connectivity index (χ1v) is 7.73. The molecule has 2 aromatic rings. The average molecular weight is 461 g/mol. The minimum absolute atomic E-state index is 0.296. The molecule has 0 radical (unpaired) electrons. The van der Waals surface area contributed by atoms with Crippen molar-refractivity contribution in [3.8, 4) is 11.5 Å². The summed E-state index contributed by atoms with van der Waals surface area (Å²) in [6, 6.07) is 10.1. The van der Waals surface area contributed by atoms with Crippen molar-refractivity contribution < 1.29 is 19.1 Å². The van der Waals surface area contributed by atoms with E-state index < -0.39 is 5.97 Å². The second-order valence-electron chi connectivity index (χ2n) is 4.02. The Labute approximate surface area is 143 Å². The molecule has 0 heterocycles. The van der Waals surface area contributed by atoms with Crippen molar-refractivity contribution in [2.45, 2.75) is 0 Å². The van der Waals surface area contributed by atoms with E-state index in [0.29, 0.717) is 37.0 Å². The summed E-state index contributed by atoms with van der Waals surface area (Å²) < 4.78 is 11.9. The van der Waals surface area contributed by atoms with Gasteiger partial charge in [-0.15, -0.1) is 0 Å². The molecule has 4 nitrogen and oxygen atoms in total. The minimum Gasteiger partial charge on any atom is -0.493 e. The predicted molar refractivity (Wildman–Crippen MR) is 90.2 cm³/mol. The van der Waals surface area contributed by atoms with Crippen LogP contribution in [0.4, 0.5) is 0 Å². The number of methoxy groups -OCH3 is 1. The Morgan fingerprint density at radius 1 is 1.29 bits per heavy atom. The molecule has 21 heavy (non-hydrogen) atoms. The van der Waals surface area contributed by atoms with E-state index in [1.165, 1.54) is 13.2 Å². The molecule has 0 amide bonds. The number of carbonyl (C=O) groups excluding carboxylic acids is 2. The molecule has 0 saturated carbocycles. The Bertz CT molecular complexity index is 700. The number of rotatable bonds is 4. The molecule has 0 N–H and O–H groups in total. The Hall–Kier alpha value is -1.41. The molecule has 108 valence electrons. The number of hydrogen-bond donors (Lipinski definition) is 0. The normalized spacial score (nSPS) is 10.0. The summed E-state index contributed by atoms with van der Waals surface area (Å²) >= 11 is 5.30. The zero-order valence-electron chi connectivity index (χ0n) is 10.9. The SMILES string of the molecule is COc1cc(C=O)cc(I)c1OC(=O)c1ccccc1Br. The quantitative estimate of drug-likeness (QED) is 0.298. The molecule has 0 aliphatic heterocycles. The molecule has 0 aliphatic carbocycles. The first kappa shape index (κ1) is 16.0. The van der Waals surface area contributed by atoms with Crippen molar-refractivity contribution in [3.63, 3.8) is 0 Å². The van der Waals surface area contributed by atoms with Gasteiger partial charge in [-0.2, -0.15) is 0 Å². The largest absolute Gasteiger partial charge is 0.493 e. The molecule has 0 spiro atoms. The van der Waals surface area contributed by atoms with Crippen LogP contribution in [0.15, 0.2) is 40.9 Å². The van der Waals surface area contributed by atoms with Gasteiger partial charge in [-0.3, -0.25) is 4.79 Å². The molecule has 2 aromatic carbocycles. The number of hydrogen-bond acceptors (Lipinski definition) is 4. The lowest BCUT2D eigenvalue weighted by Gasteiger charge is -2.12. The van der Waals surface area contributed by atoms with Crippen LogP contribution in [0.3, 0.4) is 0 Å². The molecular formula is C15H10BrIO4. The molecule has 0 fully saturated rings. The second-order valence-corrected chi connectivity index (χ2v) is 6.04. The third kappa shape index (κ3) is 3.62. The van der Waals surface area contributed by atoms with Gasteiger partial charge in [0.15, 0.2) is 11.5 Å². The third-order valence-corrected chi connectivity index (χ3v) is 4.17. The lowest BCUT2D eigenvalue weighted by molar-refractivity contribution is 0.0727. The highest BCUT2D eigenvalue weighted by Crippen LogP contribution is 2.34. The highest BCUT2D eigenvalue weighted by molar-refractivity contribution is 14.1. The Morgan fingerprint density at radius 3 is 2.62 bits per heavy atom. The van der Waals surface area contributed by atoms with Gasteiger partial charge in [0.2, 0.25) is 0 Å². The van der Waals surface area contributed by atoms with E-state index in [1.54, 1.807) is 24.3 Å². The van der Waals surface area contributed by atoms with E-state index in [0.717, 1.165) is 0 Å². The van der Waals surface area contributed by atoms with Crippen molar-refractivity contribution in [2.24, 2.45) is 0 Å². The van der Waals surface area contributed by atoms with Gasteiger partial charge in [0.1, 0.15) is 6.29 Å². The monoisotopic (exact) mass is 460 g/mol. The summed E-state index contributed by atoms with van der Waals surface area (Å²) in [6.45, 7) is 0. The minimum atomic E-state index is -0.502. The van der Waals surface area contributed by atoms with Crippen LogP contribution in [0.5, 0.6) is 11.5 Å². The van der Waals surface area contributed by atoms with E-state index >= 15 is 0 Å². The van der Waals surface area contributed by atoms with Gasteiger partial charge in [-0.25, -0.2) is 4.79 Å². The number of halogens is 2. The maximum atomic E-state index is 12.2. The molecule has 0 aliphatic rings. The van der Waals surface area contributed by atoms with Gasteiger partial charge in [-0.1, -0.05) is 12.1 Å². The molecule has 0 atom stereocenters. The van der Waals surface area contributed by atoms with E-state index in [9.17, 15) is 9.59 Å². The maximum absolute atomic E-state index is 12.2. The maximum Gasteiger partial charge on any atom is 0.344 e. The molecule has 0 aromatic heterocycles. The van der Waals surface area contributed by atoms with Crippen LogP contribution < -0.4 is 9.47 Å². The lowest BCUT2D eigenvalue weighted by Crippen LogP contribution is -2.11. The van der Waals surface area contributed by atoms with Crippen LogP contribution in [-0.4, -0.2) is 19.4 Å². The highest BCUT2D eigenvalue weighted by atomic mass is 127. The van der Waals surface area contributed by atoms with Gasteiger partial charge in [-0.05, 0) is 62.8 Å². The van der Waals surface area contributed by atoms with Crippen molar-refractivity contribution in [3.05, 3.63) is 55.6 Å². The van der Waals surface area contributed by atoms with Crippen LogP contribution in [-0.2, 0) is 0 Å². The zero-order chi connectivity index (χ0) is 15.4. The fraction of sp³-hybridized carbons (Fsp3) is 0.0667. The van der Waals surface area contributed by atoms with E-state index in [1.807, 2.05) is 28.7 Å². The third-order valence-electron chi connectivity index (χ3n) is 2.68. The second kappa shape index (κ2) is 7.04. The van der Waals surface area contributed by atoms with Crippen molar-refractivity contribution in [1.82, 2.24) is 0 Å². The van der Waals surface area contributed by atoms with Crippen LogP contribution in [0.25, 0.3) is 0 Å². The van der Waals surface area contributed by atoms with Crippen molar-refractivity contribution >= 4 is 50.8 Å². The predicted octanol–water partition coefficient (Wildman–Crippen LogP) is 4.09. The fourth-order valence-corrected chi connectivity index (χ4v) is 2.86. The van der Waals surface area contributed by atoms with Gasteiger partial charge in [0, 0.05) is 10.0 Å². The number of aldehydes is 1. The van der Waals surface area contributed by atoms with E-state index in [2.05, 4.69) is 15.9 Å². The molecule has 2 rings (SSSR count). The van der Waals surface area contributed by atoms with Gasteiger partial charge < -0.3 is 9.47 Å². The van der Waals surface area contributed by atoms with Crippen molar-refractivity contribution in [1.29, 1.82) is 0 Å². The summed E-state index contributed by atoms with van der Waals surface area (Å²) in [4.78, 5) is 23.1. The molecule has 0 bridgehead atoms. The van der Waals surface area contributed by atoms with E-state index in [-0.39, 0.29) is 0 Å². The fourth-order valence-electron chi connectivity index (χ4n) is 1.68. The Balaban J connectivity index is 2.38. The van der Waals surface area contributed by atoms with Crippen LogP contribution in [0.2, 0.25) is 0 Å². The lowest BCUT2D eigenvalue weighted by atomic mass is 10.2.